The fourth-order valence-electron chi connectivity index (χ4n) is 9.04. The Hall–Kier alpha value is -4.64. The highest BCUT2D eigenvalue weighted by Crippen LogP contribution is 2.37. The molecule has 0 aliphatic carbocycles. The minimum absolute atomic E-state index is 0. The van der Waals surface area contributed by atoms with Crippen LogP contribution in [0.2, 0.25) is 0 Å². The molecular weight excluding hydrogens is 769 g/mol. The predicted molar refractivity (Wildman–Crippen MR) is 234 cm³/mol. The number of anilines is 1. The highest BCUT2D eigenvalue weighted by Gasteiger charge is 2.35. The monoisotopic (exact) mass is 821 g/mol. The van der Waals surface area contributed by atoms with Crippen LogP contribution in [-0.2, 0) is 50.2 Å². The van der Waals surface area contributed by atoms with Crippen LogP contribution in [0, 0.1) is 0 Å². The van der Waals surface area contributed by atoms with Crippen LogP contribution in [-0.4, -0.2) is 78.7 Å². The first kappa shape index (κ1) is 41.5. The topological polar surface area (TPSA) is 79.3 Å². The number of amides is 2. The summed E-state index contributed by atoms with van der Waals surface area (Å²) in [7, 11) is 1.85. The Kier molecular flexibility index (Phi) is 13.3. The van der Waals surface area contributed by atoms with Crippen molar-refractivity contribution in [1.29, 1.82) is 0 Å². The summed E-state index contributed by atoms with van der Waals surface area (Å²) in [6, 6.07) is 33.0. The van der Waals surface area contributed by atoms with Crippen molar-refractivity contribution in [2.45, 2.75) is 64.4 Å². The number of hydrogen-bond acceptors (Lipinski definition) is 6. The second-order valence-electron chi connectivity index (χ2n) is 15.7. The SMILES string of the molecule is CN(C(=O)c1cc(-c2cc3c(cc2C(=O)N2Cc4ccccc4C[C@H]2CN2CCOCC2)CNCC3)n2c1CCCC2)c1ccc(OCc2ccccc2)cc1.Cl.Cl. The van der Waals surface area contributed by atoms with E-state index in [0.717, 1.165) is 124 Å². The molecule has 4 aliphatic rings. The first-order valence-electron chi connectivity index (χ1n) is 20.3. The molecule has 0 saturated carbocycles. The lowest BCUT2D eigenvalue weighted by Gasteiger charge is -2.41. The molecule has 0 spiro atoms. The number of ether oxygens (including phenoxy) is 2. The van der Waals surface area contributed by atoms with Gasteiger partial charge in [0.1, 0.15) is 12.4 Å². The molecule has 58 heavy (non-hydrogen) atoms. The van der Waals surface area contributed by atoms with Gasteiger partial charge in [0.25, 0.3) is 11.8 Å². The Morgan fingerprint density at radius 1 is 0.810 bits per heavy atom. The summed E-state index contributed by atoms with van der Waals surface area (Å²) in [5, 5.41) is 3.53. The van der Waals surface area contributed by atoms with E-state index in [2.05, 4.69) is 62.1 Å². The van der Waals surface area contributed by atoms with Crippen LogP contribution in [0.1, 0.15) is 67.1 Å². The van der Waals surface area contributed by atoms with E-state index in [-0.39, 0.29) is 42.7 Å². The molecule has 1 atom stereocenters. The van der Waals surface area contributed by atoms with Gasteiger partial charge in [-0.2, -0.15) is 0 Å². The van der Waals surface area contributed by atoms with Gasteiger partial charge < -0.3 is 29.2 Å². The molecule has 2 amide bonds. The number of fused-ring (bicyclic) bond motifs is 3. The van der Waals surface area contributed by atoms with Gasteiger partial charge in [-0.1, -0.05) is 54.6 Å². The number of rotatable bonds is 9. The molecule has 0 radical (unpaired) electrons. The summed E-state index contributed by atoms with van der Waals surface area (Å²) in [5.41, 5.74) is 11.3. The van der Waals surface area contributed by atoms with Gasteiger partial charge in [0, 0.05) is 80.6 Å². The Morgan fingerprint density at radius 2 is 1.57 bits per heavy atom. The number of benzene rings is 4. The van der Waals surface area contributed by atoms with Crippen LogP contribution in [0.15, 0.2) is 97.1 Å². The lowest BCUT2D eigenvalue weighted by Crippen LogP contribution is -2.52. The Labute approximate surface area is 354 Å². The van der Waals surface area contributed by atoms with Crippen LogP contribution < -0.4 is 15.0 Å². The van der Waals surface area contributed by atoms with Gasteiger partial charge in [0.15, 0.2) is 0 Å². The minimum Gasteiger partial charge on any atom is -0.489 e. The minimum atomic E-state index is -0.0481. The van der Waals surface area contributed by atoms with Crippen molar-refractivity contribution in [2.75, 3.05) is 51.3 Å². The highest BCUT2D eigenvalue weighted by atomic mass is 35.5. The van der Waals surface area contributed by atoms with Gasteiger partial charge in [-0.3, -0.25) is 14.5 Å². The van der Waals surface area contributed by atoms with E-state index in [1.807, 2.05) is 61.6 Å². The van der Waals surface area contributed by atoms with E-state index >= 15 is 4.79 Å². The molecule has 0 bridgehead atoms. The fourth-order valence-corrected chi connectivity index (χ4v) is 9.04. The molecule has 1 aromatic heterocycles. The first-order valence-corrected chi connectivity index (χ1v) is 20.3. The van der Waals surface area contributed by atoms with Gasteiger partial charge in [-0.15, -0.1) is 24.8 Å². The second-order valence-corrected chi connectivity index (χ2v) is 15.7. The normalized spacial score (nSPS) is 17.5. The summed E-state index contributed by atoms with van der Waals surface area (Å²) >= 11 is 0. The zero-order valence-corrected chi connectivity index (χ0v) is 34.8. The van der Waals surface area contributed by atoms with Gasteiger partial charge in [0.05, 0.1) is 18.8 Å². The number of carbonyl (C=O) groups excluding carboxylic acids is 2. The molecule has 4 aliphatic heterocycles. The average molecular weight is 823 g/mol. The van der Waals surface area contributed by atoms with E-state index in [1.54, 1.807) is 4.90 Å². The molecule has 11 heteroatoms. The third-order valence-corrected chi connectivity index (χ3v) is 12.2. The van der Waals surface area contributed by atoms with Crippen molar-refractivity contribution in [3.05, 3.63) is 142 Å². The van der Waals surface area contributed by atoms with Crippen molar-refractivity contribution < 1.29 is 19.1 Å². The number of morpholine rings is 1. The predicted octanol–water partition coefficient (Wildman–Crippen LogP) is 7.74. The number of nitrogens with zero attached hydrogens (tertiary/aromatic N) is 4. The molecule has 9 nitrogen and oxygen atoms in total. The summed E-state index contributed by atoms with van der Waals surface area (Å²) in [5.74, 6) is 0.770. The maximum atomic E-state index is 15.3. The van der Waals surface area contributed by atoms with Crippen LogP contribution in [0.25, 0.3) is 11.3 Å². The van der Waals surface area contributed by atoms with E-state index in [9.17, 15) is 4.79 Å². The number of hydrogen-bond donors (Lipinski definition) is 1. The largest absolute Gasteiger partial charge is 0.489 e. The summed E-state index contributed by atoms with van der Waals surface area (Å²) in [6.45, 7) is 7.55. The molecular formula is C47H53Cl2N5O4. The summed E-state index contributed by atoms with van der Waals surface area (Å²) in [4.78, 5) is 36.1. The average Bonchev–Trinajstić information content (AvgIpc) is 3.64. The Morgan fingerprint density at radius 3 is 2.36 bits per heavy atom. The molecule has 1 saturated heterocycles. The maximum absolute atomic E-state index is 15.3. The quantitative estimate of drug-likeness (QED) is 0.164. The molecule has 5 heterocycles. The molecule has 304 valence electrons. The lowest BCUT2D eigenvalue weighted by molar-refractivity contribution is 0.0193. The highest BCUT2D eigenvalue weighted by molar-refractivity contribution is 6.08. The number of carbonyl (C=O) groups is 2. The zero-order chi connectivity index (χ0) is 38.0. The van der Waals surface area contributed by atoms with Gasteiger partial charge in [0.2, 0.25) is 0 Å². The smallest absolute Gasteiger partial charge is 0.259 e. The van der Waals surface area contributed by atoms with Crippen molar-refractivity contribution in [1.82, 2.24) is 19.7 Å². The van der Waals surface area contributed by atoms with Crippen LogP contribution >= 0.6 is 24.8 Å². The first-order chi connectivity index (χ1) is 27.5. The number of nitrogens with one attached hydrogen (secondary N) is 1. The fraction of sp³-hybridized carbons (Fsp3) is 0.362. The van der Waals surface area contributed by atoms with Crippen molar-refractivity contribution in [3.63, 3.8) is 0 Å². The third-order valence-electron chi connectivity index (χ3n) is 12.2. The van der Waals surface area contributed by atoms with Gasteiger partial charge >= 0.3 is 0 Å². The zero-order valence-electron chi connectivity index (χ0n) is 33.2. The maximum Gasteiger partial charge on any atom is 0.259 e. The molecule has 1 N–H and O–H groups in total. The summed E-state index contributed by atoms with van der Waals surface area (Å²) in [6.07, 6.45) is 4.61. The lowest BCUT2D eigenvalue weighted by atomic mass is 9.89. The van der Waals surface area contributed by atoms with Crippen molar-refractivity contribution in [2.24, 2.45) is 0 Å². The standard InChI is InChI=1S/C47H51N5O4.2ClH/c1-49(38-14-16-40(17-15-38)56-32-33-9-3-2-4-10-33)46(53)43-28-45(51-20-8-7-13-44(43)51)41-26-35-18-19-48-29-37(35)27-42(41)47(54)52-30-36-12-6-5-11-34(36)25-39(52)31-50-21-23-55-24-22-50;;/h2-6,9-12,14-17,26-28,39,48H,7-8,13,18-25,29-32H2,1H3;2*1H/t39-;;/m0../s1. The molecule has 9 rings (SSSR count). The molecule has 1 fully saturated rings. The number of halogens is 2. The molecule has 5 aromatic rings. The van der Waals surface area contributed by atoms with E-state index in [1.165, 1.54) is 22.3 Å². The van der Waals surface area contributed by atoms with Crippen molar-refractivity contribution in [3.8, 4) is 17.0 Å². The summed E-state index contributed by atoms with van der Waals surface area (Å²) < 4.78 is 14.0. The Bertz CT molecular complexity index is 2220. The van der Waals surface area contributed by atoms with Crippen LogP contribution in [0.4, 0.5) is 5.69 Å². The van der Waals surface area contributed by atoms with Gasteiger partial charge in [-0.25, -0.2) is 0 Å². The molecule has 0 unspecified atom stereocenters. The van der Waals surface area contributed by atoms with E-state index in [4.69, 9.17) is 9.47 Å². The van der Waals surface area contributed by atoms with Crippen LogP contribution in [0.5, 0.6) is 5.75 Å². The number of aromatic nitrogens is 1. The molecule has 4 aromatic carbocycles. The Balaban J connectivity index is 0.00000256. The van der Waals surface area contributed by atoms with E-state index < -0.39 is 0 Å². The van der Waals surface area contributed by atoms with E-state index in [0.29, 0.717) is 18.7 Å². The third kappa shape index (κ3) is 8.56. The van der Waals surface area contributed by atoms with Crippen molar-refractivity contribution >= 4 is 42.3 Å². The van der Waals surface area contributed by atoms with Gasteiger partial charge in [-0.05, 0) is 109 Å². The second kappa shape index (κ2) is 18.5. The van der Waals surface area contributed by atoms with Crippen LogP contribution in [0.3, 0.4) is 0 Å².